The molecule has 0 aliphatic carbocycles. The van der Waals surface area contributed by atoms with Crippen LogP contribution in [0.4, 0.5) is 5.69 Å². The van der Waals surface area contributed by atoms with Crippen molar-refractivity contribution in [2.24, 2.45) is 11.8 Å². The van der Waals surface area contributed by atoms with Gasteiger partial charge in [-0.05, 0) is 62.9 Å². The molecule has 3 rings (SSSR count). The van der Waals surface area contributed by atoms with Gasteiger partial charge in [-0.2, -0.15) is 0 Å². The van der Waals surface area contributed by atoms with Crippen molar-refractivity contribution in [3.05, 3.63) is 29.3 Å². The van der Waals surface area contributed by atoms with E-state index in [1.807, 2.05) is 28.9 Å². The molecule has 1 N–H and O–H groups in total. The molecule has 2 amide bonds. The van der Waals surface area contributed by atoms with E-state index in [1.54, 1.807) is 0 Å². The minimum absolute atomic E-state index is 0.0686. The van der Waals surface area contributed by atoms with E-state index in [0.29, 0.717) is 18.9 Å². The molecule has 2 saturated heterocycles. The molecule has 2 fully saturated rings. The van der Waals surface area contributed by atoms with Crippen LogP contribution in [-0.4, -0.2) is 49.4 Å². The summed E-state index contributed by atoms with van der Waals surface area (Å²) in [6.07, 6.45) is 2.45. The molecule has 1 aromatic carbocycles. The zero-order valence-corrected chi connectivity index (χ0v) is 16.3. The number of likely N-dealkylation sites (tertiary alicyclic amines) is 1. The Kier molecular flexibility index (Phi) is 5.97. The van der Waals surface area contributed by atoms with Crippen LogP contribution in [0.15, 0.2) is 18.2 Å². The quantitative estimate of drug-likeness (QED) is 0.881. The maximum absolute atomic E-state index is 12.9. The number of benzene rings is 1. The lowest BCUT2D eigenvalue weighted by molar-refractivity contribution is -0.137. The highest BCUT2D eigenvalue weighted by Gasteiger charge is 2.38. The van der Waals surface area contributed by atoms with Gasteiger partial charge in [0.15, 0.2) is 0 Å². The Morgan fingerprint density at radius 1 is 1.23 bits per heavy atom. The fraction of sp³-hybridized carbons (Fsp3) is 0.619. The van der Waals surface area contributed by atoms with Gasteiger partial charge in [0.1, 0.15) is 0 Å². The molecule has 0 saturated carbocycles. The fourth-order valence-electron chi connectivity index (χ4n) is 4.10. The van der Waals surface area contributed by atoms with Crippen LogP contribution in [0.3, 0.4) is 0 Å². The van der Waals surface area contributed by atoms with Crippen LogP contribution in [0.1, 0.15) is 37.3 Å². The van der Waals surface area contributed by atoms with E-state index in [4.69, 9.17) is 0 Å². The molecule has 0 radical (unpaired) electrons. The lowest BCUT2D eigenvalue weighted by atomic mass is 9.95. The number of hydrogen-bond donors (Lipinski definition) is 1. The normalized spacial score (nSPS) is 21.5. The summed E-state index contributed by atoms with van der Waals surface area (Å²) in [4.78, 5) is 29.3. The van der Waals surface area contributed by atoms with Crippen LogP contribution < -0.4 is 10.2 Å². The molecule has 142 valence electrons. The van der Waals surface area contributed by atoms with Crippen LogP contribution in [0.5, 0.6) is 0 Å². The highest BCUT2D eigenvalue weighted by Crippen LogP contribution is 2.31. The van der Waals surface area contributed by atoms with Gasteiger partial charge >= 0.3 is 0 Å². The maximum Gasteiger partial charge on any atom is 0.228 e. The number of amides is 2. The number of hydrogen-bond acceptors (Lipinski definition) is 3. The van der Waals surface area contributed by atoms with Crippen LogP contribution in [0.2, 0.25) is 0 Å². The molecule has 26 heavy (non-hydrogen) atoms. The molecule has 2 heterocycles. The summed E-state index contributed by atoms with van der Waals surface area (Å²) in [5, 5.41) is 3.40. The Bertz CT molecular complexity index is 665. The average Bonchev–Trinajstić information content (AvgIpc) is 3.03. The standard InChI is InChI=1S/C21H31N3O2/c1-4-22-13-17-8-10-23(11-9-17)21(26)18-12-20(25)24(14-18)19-7-5-6-15(2)16(19)3/h5-7,17-18,22H,4,8-14H2,1-3H3. The highest BCUT2D eigenvalue weighted by molar-refractivity contribution is 6.00. The summed E-state index contributed by atoms with van der Waals surface area (Å²) in [6.45, 7) is 10.4. The van der Waals surface area contributed by atoms with Gasteiger partial charge in [-0.25, -0.2) is 0 Å². The van der Waals surface area contributed by atoms with Crippen molar-refractivity contribution in [2.75, 3.05) is 37.6 Å². The van der Waals surface area contributed by atoms with Gasteiger partial charge < -0.3 is 15.1 Å². The molecule has 2 aliphatic rings. The van der Waals surface area contributed by atoms with E-state index >= 15 is 0 Å². The number of carbonyl (C=O) groups is 2. The van der Waals surface area contributed by atoms with Crippen molar-refractivity contribution in [1.29, 1.82) is 0 Å². The van der Waals surface area contributed by atoms with Crippen molar-refractivity contribution >= 4 is 17.5 Å². The summed E-state index contributed by atoms with van der Waals surface area (Å²) in [7, 11) is 0. The molecule has 1 unspecified atom stereocenters. The van der Waals surface area contributed by atoms with Gasteiger partial charge in [0, 0.05) is 31.7 Å². The van der Waals surface area contributed by atoms with Gasteiger partial charge in [-0.15, -0.1) is 0 Å². The van der Waals surface area contributed by atoms with E-state index < -0.39 is 0 Å². The van der Waals surface area contributed by atoms with E-state index in [2.05, 4.69) is 25.2 Å². The second-order valence-corrected chi connectivity index (χ2v) is 7.70. The summed E-state index contributed by atoms with van der Waals surface area (Å²) >= 11 is 0. The monoisotopic (exact) mass is 357 g/mol. The molecule has 0 spiro atoms. The van der Waals surface area contributed by atoms with Crippen molar-refractivity contribution in [3.63, 3.8) is 0 Å². The third-order valence-corrected chi connectivity index (χ3v) is 5.95. The molecule has 1 atom stereocenters. The first-order chi connectivity index (χ1) is 12.5. The number of nitrogens with zero attached hydrogens (tertiary/aromatic N) is 2. The van der Waals surface area contributed by atoms with Crippen LogP contribution in [0.25, 0.3) is 0 Å². The first kappa shape index (κ1) is 18.9. The summed E-state index contributed by atoms with van der Waals surface area (Å²) in [5.41, 5.74) is 3.25. The van der Waals surface area contributed by atoms with Gasteiger partial charge in [0.05, 0.1) is 5.92 Å². The van der Waals surface area contributed by atoms with Gasteiger partial charge in [-0.1, -0.05) is 19.1 Å². The molecule has 5 nitrogen and oxygen atoms in total. The molecule has 0 aromatic heterocycles. The largest absolute Gasteiger partial charge is 0.342 e. The smallest absolute Gasteiger partial charge is 0.228 e. The van der Waals surface area contributed by atoms with Crippen LogP contribution in [-0.2, 0) is 9.59 Å². The second-order valence-electron chi connectivity index (χ2n) is 7.70. The molecular weight excluding hydrogens is 326 g/mol. The lowest BCUT2D eigenvalue weighted by Crippen LogP contribution is -2.44. The number of aryl methyl sites for hydroxylation is 1. The Morgan fingerprint density at radius 3 is 2.65 bits per heavy atom. The lowest BCUT2D eigenvalue weighted by Gasteiger charge is -2.33. The molecule has 1 aromatic rings. The zero-order chi connectivity index (χ0) is 18.7. The first-order valence-electron chi connectivity index (χ1n) is 9.87. The summed E-state index contributed by atoms with van der Waals surface area (Å²) in [6, 6.07) is 6.02. The van der Waals surface area contributed by atoms with E-state index in [-0.39, 0.29) is 17.7 Å². The summed E-state index contributed by atoms with van der Waals surface area (Å²) in [5.74, 6) is 0.690. The number of rotatable bonds is 5. The Balaban J connectivity index is 1.60. The number of anilines is 1. The zero-order valence-electron chi connectivity index (χ0n) is 16.3. The van der Waals surface area contributed by atoms with Crippen molar-refractivity contribution in [3.8, 4) is 0 Å². The van der Waals surface area contributed by atoms with E-state index in [9.17, 15) is 9.59 Å². The Labute approximate surface area is 156 Å². The minimum atomic E-state index is -0.201. The van der Waals surface area contributed by atoms with Gasteiger partial charge in [0.2, 0.25) is 11.8 Å². The fourth-order valence-corrected chi connectivity index (χ4v) is 4.10. The topological polar surface area (TPSA) is 52.7 Å². The minimum Gasteiger partial charge on any atom is -0.342 e. The number of piperidine rings is 1. The molecular formula is C21H31N3O2. The van der Waals surface area contributed by atoms with Gasteiger partial charge in [-0.3, -0.25) is 9.59 Å². The second kappa shape index (κ2) is 8.21. The predicted octanol–water partition coefficient (Wildman–Crippen LogP) is 2.50. The molecule has 0 bridgehead atoms. The molecule has 5 heteroatoms. The summed E-state index contributed by atoms with van der Waals surface area (Å²) < 4.78 is 0. The Hall–Kier alpha value is -1.88. The van der Waals surface area contributed by atoms with Crippen LogP contribution >= 0.6 is 0 Å². The number of carbonyl (C=O) groups excluding carboxylic acids is 2. The van der Waals surface area contributed by atoms with E-state index in [0.717, 1.165) is 50.3 Å². The average molecular weight is 357 g/mol. The SMILES string of the molecule is CCNCC1CCN(C(=O)C2CC(=O)N(c3cccc(C)c3C)C2)CC1. The van der Waals surface area contributed by atoms with Crippen molar-refractivity contribution in [1.82, 2.24) is 10.2 Å². The van der Waals surface area contributed by atoms with Gasteiger partial charge in [0.25, 0.3) is 0 Å². The van der Waals surface area contributed by atoms with Crippen LogP contribution in [0, 0.1) is 25.7 Å². The first-order valence-corrected chi connectivity index (χ1v) is 9.87. The van der Waals surface area contributed by atoms with E-state index in [1.165, 1.54) is 5.56 Å². The predicted molar refractivity (Wildman–Crippen MR) is 104 cm³/mol. The highest BCUT2D eigenvalue weighted by atomic mass is 16.2. The van der Waals surface area contributed by atoms with Crippen molar-refractivity contribution in [2.45, 2.75) is 40.0 Å². The number of nitrogens with one attached hydrogen (secondary N) is 1. The molecule has 2 aliphatic heterocycles. The Morgan fingerprint density at radius 2 is 1.96 bits per heavy atom. The maximum atomic E-state index is 12.9. The van der Waals surface area contributed by atoms with Crippen molar-refractivity contribution < 1.29 is 9.59 Å². The third-order valence-electron chi connectivity index (χ3n) is 5.95. The third kappa shape index (κ3) is 3.93.